The second-order valence-electron chi connectivity index (χ2n) is 2.09. The fourth-order valence-corrected chi connectivity index (χ4v) is 0.866. The highest BCUT2D eigenvalue weighted by atomic mass is 16.3. The molecule has 3 nitrogen and oxygen atoms in total. The van der Waals surface area contributed by atoms with E-state index in [1.165, 1.54) is 0 Å². The van der Waals surface area contributed by atoms with Gasteiger partial charge in [-0.3, -0.25) is 0 Å². The third-order valence-electron chi connectivity index (χ3n) is 1.33. The quantitative estimate of drug-likeness (QED) is 0.448. The van der Waals surface area contributed by atoms with Crippen molar-refractivity contribution in [1.29, 1.82) is 0 Å². The molecular weight excluding hydrogens is 106 g/mol. The first-order valence-electron chi connectivity index (χ1n) is 2.78. The lowest BCUT2D eigenvalue weighted by molar-refractivity contribution is 0.184. The minimum atomic E-state index is -0.299. The summed E-state index contributed by atoms with van der Waals surface area (Å²) in [5.74, 6) is 0. The number of aliphatic hydroxyl groups is 2. The van der Waals surface area contributed by atoms with Crippen LogP contribution in [-0.4, -0.2) is 35.5 Å². The molecule has 2 N–H and O–H groups in total. The third-order valence-corrected chi connectivity index (χ3v) is 1.33. The molecule has 0 aromatic heterocycles. The van der Waals surface area contributed by atoms with Crippen LogP contribution >= 0.6 is 0 Å². The summed E-state index contributed by atoms with van der Waals surface area (Å²) >= 11 is 0. The number of nitrogens with zero attached hydrogens (tertiary/aromatic N) is 1. The SMILES string of the molecule is OCC1CC(O)C[N]1. The van der Waals surface area contributed by atoms with Crippen LogP contribution < -0.4 is 5.32 Å². The molecule has 1 saturated heterocycles. The Bertz CT molecular complexity index is 76.8. The fourth-order valence-electron chi connectivity index (χ4n) is 0.866. The van der Waals surface area contributed by atoms with Crippen LogP contribution in [0.2, 0.25) is 0 Å². The van der Waals surface area contributed by atoms with Gasteiger partial charge in [-0.2, -0.15) is 0 Å². The maximum absolute atomic E-state index is 8.83. The van der Waals surface area contributed by atoms with Crippen LogP contribution in [0, 0.1) is 0 Å². The Hall–Kier alpha value is -0.120. The third kappa shape index (κ3) is 1.18. The molecule has 1 aliphatic rings. The maximum Gasteiger partial charge on any atom is 0.0697 e. The van der Waals surface area contributed by atoms with E-state index >= 15 is 0 Å². The van der Waals surface area contributed by atoms with Crippen molar-refractivity contribution in [1.82, 2.24) is 5.32 Å². The average molecular weight is 116 g/mol. The second kappa shape index (κ2) is 2.44. The van der Waals surface area contributed by atoms with Crippen molar-refractivity contribution in [3.05, 3.63) is 0 Å². The minimum Gasteiger partial charge on any atom is -0.395 e. The van der Waals surface area contributed by atoms with E-state index in [1.54, 1.807) is 0 Å². The molecular formula is C5H10NO2. The summed E-state index contributed by atoms with van der Waals surface area (Å²) in [6, 6.07) is 0.00463. The summed E-state index contributed by atoms with van der Waals surface area (Å²) < 4.78 is 0. The zero-order valence-corrected chi connectivity index (χ0v) is 4.62. The minimum absolute atomic E-state index is 0.00463. The molecule has 0 saturated carbocycles. The van der Waals surface area contributed by atoms with Crippen molar-refractivity contribution in [3.63, 3.8) is 0 Å². The van der Waals surface area contributed by atoms with Gasteiger partial charge >= 0.3 is 0 Å². The van der Waals surface area contributed by atoms with Gasteiger partial charge in [0.05, 0.1) is 18.8 Å². The molecule has 0 bridgehead atoms. The number of hydrogen-bond acceptors (Lipinski definition) is 2. The van der Waals surface area contributed by atoms with Gasteiger partial charge in [-0.25, -0.2) is 5.32 Å². The first kappa shape index (κ1) is 6.01. The maximum atomic E-state index is 8.83. The topological polar surface area (TPSA) is 54.6 Å². The molecule has 1 heterocycles. The molecule has 2 unspecified atom stereocenters. The van der Waals surface area contributed by atoms with Crippen LogP contribution in [-0.2, 0) is 0 Å². The van der Waals surface area contributed by atoms with Crippen LogP contribution in [0.15, 0.2) is 0 Å². The smallest absolute Gasteiger partial charge is 0.0697 e. The molecule has 1 radical (unpaired) electrons. The van der Waals surface area contributed by atoms with Crippen LogP contribution in [0.4, 0.5) is 0 Å². The van der Waals surface area contributed by atoms with Gasteiger partial charge in [0.15, 0.2) is 0 Å². The van der Waals surface area contributed by atoms with Crippen molar-refractivity contribution in [2.75, 3.05) is 13.2 Å². The molecule has 47 valence electrons. The van der Waals surface area contributed by atoms with Crippen LogP contribution in [0.5, 0.6) is 0 Å². The van der Waals surface area contributed by atoms with Crippen LogP contribution in [0.1, 0.15) is 6.42 Å². The summed E-state index contributed by atoms with van der Waals surface area (Å²) in [5.41, 5.74) is 0. The summed E-state index contributed by atoms with van der Waals surface area (Å²) in [5, 5.41) is 21.2. The van der Waals surface area contributed by atoms with Crippen molar-refractivity contribution in [3.8, 4) is 0 Å². The van der Waals surface area contributed by atoms with Crippen molar-refractivity contribution >= 4 is 0 Å². The first-order chi connectivity index (χ1) is 3.83. The van der Waals surface area contributed by atoms with E-state index < -0.39 is 0 Å². The van der Waals surface area contributed by atoms with Crippen molar-refractivity contribution < 1.29 is 10.2 Å². The molecule has 0 aliphatic carbocycles. The van der Waals surface area contributed by atoms with Gasteiger partial charge in [-0.05, 0) is 6.42 Å². The summed E-state index contributed by atoms with van der Waals surface area (Å²) in [6.07, 6.45) is 0.336. The predicted molar refractivity (Wildman–Crippen MR) is 28.5 cm³/mol. The van der Waals surface area contributed by atoms with Crippen LogP contribution in [0.25, 0.3) is 0 Å². The van der Waals surface area contributed by atoms with Crippen molar-refractivity contribution in [2.45, 2.75) is 18.6 Å². The van der Waals surface area contributed by atoms with Gasteiger partial charge in [0.25, 0.3) is 0 Å². The first-order valence-corrected chi connectivity index (χ1v) is 2.78. The Kier molecular flexibility index (Phi) is 1.83. The highest BCUT2D eigenvalue weighted by Gasteiger charge is 2.21. The van der Waals surface area contributed by atoms with Crippen molar-refractivity contribution in [2.24, 2.45) is 0 Å². The van der Waals surface area contributed by atoms with Gasteiger partial charge < -0.3 is 10.2 Å². The molecule has 1 fully saturated rings. The standard InChI is InChI=1S/C5H10NO2/c7-3-4-1-5(8)2-6-4/h4-5,7-8H,1-3H2. The number of rotatable bonds is 1. The lowest BCUT2D eigenvalue weighted by Gasteiger charge is -1.99. The molecule has 1 rings (SSSR count). The Labute approximate surface area is 48.3 Å². The predicted octanol–water partition coefficient (Wildman–Crippen LogP) is -1.28. The molecule has 0 spiro atoms. The summed E-state index contributed by atoms with van der Waals surface area (Å²) in [7, 11) is 0. The summed E-state index contributed by atoms with van der Waals surface area (Å²) in [4.78, 5) is 0. The monoisotopic (exact) mass is 116 g/mol. The molecule has 0 aromatic carbocycles. The van der Waals surface area contributed by atoms with E-state index in [4.69, 9.17) is 10.2 Å². The highest BCUT2D eigenvalue weighted by molar-refractivity contribution is 4.79. The molecule has 0 amide bonds. The van der Waals surface area contributed by atoms with E-state index in [0.29, 0.717) is 13.0 Å². The largest absolute Gasteiger partial charge is 0.395 e. The van der Waals surface area contributed by atoms with E-state index in [9.17, 15) is 0 Å². The molecule has 8 heavy (non-hydrogen) atoms. The van der Waals surface area contributed by atoms with E-state index in [1.807, 2.05) is 0 Å². The normalized spacial score (nSPS) is 38.2. The summed E-state index contributed by atoms with van der Waals surface area (Å²) in [6.45, 7) is 0.586. The van der Waals surface area contributed by atoms with Gasteiger partial charge in [0, 0.05) is 6.54 Å². The van der Waals surface area contributed by atoms with Gasteiger partial charge in [-0.15, -0.1) is 0 Å². The van der Waals surface area contributed by atoms with E-state index in [-0.39, 0.29) is 18.8 Å². The van der Waals surface area contributed by atoms with E-state index in [0.717, 1.165) is 0 Å². The molecule has 3 heteroatoms. The lowest BCUT2D eigenvalue weighted by atomic mass is 10.2. The Morgan fingerprint density at radius 2 is 2.38 bits per heavy atom. The Morgan fingerprint density at radius 3 is 2.62 bits per heavy atom. The number of aliphatic hydroxyl groups excluding tert-OH is 2. The Morgan fingerprint density at radius 1 is 1.62 bits per heavy atom. The zero-order chi connectivity index (χ0) is 5.98. The van der Waals surface area contributed by atoms with E-state index in [2.05, 4.69) is 5.32 Å². The highest BCUT2D eigenvalue weighted by Crippen LogP contribution is 2.06. The van der Waals surface area contributed by atoms with Gasteiger partial charge in [0.2, 0.25) is 0 Å². The average Bonchev–Trinajstić information content (AvgIpc) is 2.14. The zero-order valence-electron chi connectivity index (χ0n) is 4.62. The van der Waals surface area contributed by atoms with Crippen LogP contribution in [0.3, 0.4) is 0 Å². The Balaban J connectivity index is 2.22. The lowest BCUT2D eigenvalue weighted by Crippen LogP contribution is -2.17. The fraction of sp³-hybridized carbons (Fsp3) is 1.00. The molecule has 0 aromatic rings. The molecule has 2 atom stereocenters. The molecule has 1 aliphatic heterocycles. The second-order valence-corrected chi connectivity index (χ2v) is 2.09. The van der Waals surface area contributed by atoms with Gasteiger partial charge in [-0.1, -0.05) is 0 Å². The number of hydrogen-bond donors (Lipinski definition) is 2. The van der Waals surface area contributed by atoms with Gasteiger partial charge in [0.1, 0.15) is 0 Å².